The van der Waals surface area contributed by atoms with Crippen molar-refractivity contribution in [2.24, 2.45) is 5.73 Å². The molecule has 1 heterocycles. The molecule has 0 radical (unpaired) electrons. The van der Waals surface area contributed by atoms with Gasteiger partial charge in [-0.3, -0.25) is 9.69 Å². The van der Waals surface area contributed by atoms with Crippen molar-refractivity contribution in [3.8, 4) is 0 Å². The van der Waals surface area contributed by atoms with Crippen LogP contribution in [-0.2, 0) is 4.79 Å². The molecule has 16 heavy (non-hydrogen) atoms. The first kappa shape index (κ1) is 13.5. The van der Waals surface area contributed by atoms with Gasteiger partial charge in [0.25, 0.3) is 0 Å². The van der Waals surface area contributed by atoms with Crippen molar-refractivity contribution in [3.05, 3.63) is 0 Å². The Morgan fingerprint density at radius 2 is 1.94 bits per heavy atom. The minimum atomic E-state index is 0.0602. The standard InChI is InChI=1S/C12H25N3O/c1-12(2,10-14-11(16)6-7-13)15-8-4-3-5-9-15/h3-10,13H2,1-2H3,(H,14,16). The maximum atomic E-state index is 11.4. The van der Waals surface area contributed by atoms with Gasteiger partial charge in [0.15, 0.2) is 0 Å². The van der Waals surface area contributed by atoms with E-state index in [1.54, 1.807) is 0 Å². The van der Waals surface area contributed by atoms with Crippen LogP contribution in [0.15, 0.2) is 0 Å². The summed E-state index contributed by atoms with van der Waals surface area (Å²) >= 11 is 0. The Morgan fingerprint density at radius 1 is 1.31 bits per heavy atom. The summed E-state index contributed by atoms with van der Waals surface area (Å²) in [6.07, 6.45) is 4.32. The van der Waals surface area contributed by atoms with Crippen LogP contribution in [0.2, 0.25) is 0 Å². The van der Waals surface area contributed by atoms with E-state index in [1.807, 2.05) is 0 Å². The van der Waals surface area contributed by atoms with Gasteiger partial charge >= 0.3 is 0 Å². The monoisotopic (exact) mass is 227 g/mol. The van der Waals surface area contributed by atoms with Crippen molar-refractivity contribution >= 4 is 5.91 Å². The summed E-state index contributed by atoms with van der Waals surface area (Å²) in [5.74, 6) is 0.0626. The van der Waals surface area contributed by atoms with Gasteiger partial charge in [0.1, 0.15) is 0 Å². The van der Waals surface area contributed by atoms with Crippen LogP contribution in [0, 0.1) is 0 Å². The topological polar surface area (TPSA) is 58.4 Å². The number of carbonyl (C=O) groups excluding carboxylic acids is 1. The Balaban J connectivity index is 2.34. The highest BCUT2D eigenvalue weighted by Gasteiger charge is 2.27. The summed E-state index contributed by atoms with van der Waals surface area (Å²) in [4.78, 5) is 13.8. The first-order valence-electron chi connectivity index (χ1n) is 6.28. The highest BCUT2D eigenvalue weighted by atomic mass is 16.1. The molecule has 0 bridgehead atoms. The van der Waals surface area contributed by atoms with Crippen molar-refractivity contribution in [1.82, 2.24) is 10.2 Å². The molecule has 0 aromatic carbocycles. The van der Waals surface area contributed by atoms with E-state index in [0.29, 0.717) is 19.5 Å². The van der Waals surface area contributed by atoms with Crippen LogP contribution in [0.4, 0.5) is 0 Å². The van der Waals surface area contributed by atoms with Crippen LogP contribution in [-0.4, -0.2) is 42.5 Å². The molecule has 0 aromatic rings. The normalized spacial score (nSPS) is 18.4. The van der Waals surface area contributed by atoms with Crippen LogP contribution in [0.3, 0.4) is 0 Å². The predicted octanol–water partition coefficient (Wildman–Crippen LogP) is 0.716. The number of piperidine rings is 1. The van der Waals surface area contributed by atoms with Gasteiger partial charge in [-0.2, -0.15) is 0 Å². The van der Waals surface area contributed by atoms with Gasteiger partial charge < -0.3 is 11.1 Å². The van der Waals surface area contributed by atoms with E-state index >= 15 is 0 Å². The third kappa shape index (κ3) is 4.10. The van der Waals surface area contributed by atoms with Gasteiger partial charge in [0.2, 0.25) is 5.91 Å². The van der Waals surface area contributed by atoms with Crippen molar-refractivity contribution in [1.29, 1.82) is 0 Å². The summed E-state index contributed by atoms with van der Waals surface area (Å²) in [6.45, 7) is 7.84. The lowest BCUT2D eigenvalue weighted by molar-refractivity contribution is -0.121. The molecule has 94 valence electrons. The molecular formula is C12H25N3O. The van der Waals surface area contributed by atoms with E-state index in [-0.39, 0.29) is 11.4 Å². The number of likely N-dealkylation sites (tertiary alicyclic amines) is 1. The van der Waals surface area contributed by atoms with Gasteiger partial charge in [-0.25, -0.2) is 0 Å². The fourth-order valence-corrected chi connectivity index (χ4v) is 2.15. The summed E-state index contributed by atoms with van der Waals surface area (Å²) in [6, 6.07) is 0. The number of amides is 1. The van der Waals surface area contributed by atoms with Crippen LogP contribution in [0.25, 0.3) is 0 Å². The Labute approximate surface area is 98.6 Å². The summed E-state index contributed by atoms with van der Waals surface area (Å²) in [7, 11) is 0. The molecule has 1 fully saturated rings. The Hall–Kier alpha value is -0.610. The number of rotatable bonds is 5. The van der Waals surface area contributed by atoms with Gasteiger partial charge in [0, 0.05) is 25.0 Å². The number of hydrogen-bond donors (Lipinski definition) is 2. The van der Waals surface area contributed by atoms with Crippen LogP contribution < -0.4 is 11.1 Å². The lowest BCUT2D eigenvalue weighted by atomic mass is 9.98. The number of hydrogen-bond acceptors (Lipinski definition) is 3. The lowest BCUT2D eigenvalue weighted by Crippen LogP contribution is -2.53. The maximum Gasteiger partial charge on any atom is 0.221 e. The smallest absolute Gasteiger partial charge is 0.221 e. The number of nitrogens with two attached hydrogens (primary N) is 1. The SMILES string of the molecule is CC(C)(CNC(=O)CCN)N1CCCCC1. The average molecular weight is 227 g/mol. The van der Waals surface area contributed by atoms with E-state index in [4.69, 9.17) is 5.73 Å². The van der Waals surface area contributed by atoms with Crippen LogP contribution >= 0.6 is 0 Å². The molecule has 0 atom stereocenters. The summed E-state index contributed by atoms with van der Waals surface area (Å²) < 4.78 is 0. The zero-order valence-corrected chi connectivity index (χ0v) is 10.6. The summed E-state index contributed by atoms with van der Waals surface area (Å²) in [5.41, 5.74) is 5.40. The zero-order chi connectivity index (χ0) is 12.0. The molecule has 4 heteroatoms. The molecule has 3 N–H and O–H groups in total. The Morgan fingerprint density at radius 3 is 2.50 bits per heavy atom. The maximum absolute atomic E-state index is 11.4. The van der Waals surface area contributed by atoms with E-state index in [0.717, 1.165) is 13.1 Å². The molecule has 0 spiro atoms. The third-order valence-corrected chi connectivity index (χ3v) is 3.30. The van der Waals surface area contributed by atoms with Gasteiger partial charge in [-0.05, 0) is 39.8 Å². The second-order valence-corrected chi connectivity index (χ2v) is 5.18. The Bertz CT molecular complexity index is 222. The number of nitrogens with one attached hydrogen (secondary N) is 1. The fraction of sp³-hybridized carbons (Fsp3) is 0.917. The van der Waals surface area contributed by atoms with Crippen molar-refractivity contribution < 1.29 is 4.79 Å². The highest BCUT2D eigenvalue weighted by molar-refractivity contribution is 5.76. The van der Waals surface area contributed by atoms with Gasteiger partial charge in [-0.15, -0.1) is 0 Å². The molecule has 1 rings (SSSR count). The van der Waals surface area contributed by atoms with Crippen molar-refractivity contribution in [3.63, 3.8) is 0 Å². The minimum Gasteiger partial charge on any atom is -0.354 e. The number of carbonyl (C=O) groups is 1. The number of nitrogens with zero attached hydrogens (tertiary/aromatic N) is 1. The molecule has 0 aliphatic carbocycles. The predicted molar refractivity (Wildman–Crippen MR) is 66.2 cm³/mol. The second kappa shape index (κ2) is 6.21. The molecule has 1 aliphatic heterocycles. The van der Waals surface area contributed by atoms with Gasteiger partial charge in [-0.1, -0.05) is 6.42 Å². The van der Waals surface area contributed by atoms with E-state index < -0.39 is 0 Å². The van der Waals surface area contributed by atoms with Gasteiger partial charge in [0.05, 0.1) is 0 Å². The lowest BCUT2D eigenvalue weighted by Gasteiger charge is -2.41. The second-order valence-electron chi connectivity index (χ2n) is 5.18. The molecule has 1 saturated heterocycles. The molecule has 1 amide bonds. The van der Waals surface area contributed by atoms with Crippen molar-refractivity contribution in [2.45, 2.75) is 45.1 Å². The largest absolute Gasteiger partial charge is 0.354 e. The highest BCUT2D eigenvalue weighted by Crippen LogP contribution is 2.19. The molecular weight excluding hydrogens is 202 g/mol. The van der Waals surface area contributed by atoms with E-state index in [9.17, 15) is 4.79 Å². The molecule has 0 unspecified atom stereocenters. The first-order chi connectivity index (χ1) is 7.56. The molecule has 0 aromatic heterocycles. The molecule has 4 nitrogen and oxygen atoms in total. The first-order valence-corrected chi connectivity index (χ1v) is 6.28. The minimum absolute atomic E-state index is 0.0602. The zero-order valence-electron chi connectivity index (χ0n) is 10.6. The van der Waals surface area contributed by atoms with Crippen molar-refractivity contribution in [2.75, 3.05) is 26.2 Å². The van der Waals surface area contributed by atoms with E-state index in [1.165, 1.54) is 19.3 Å². The third-order valence-electron chi connectivity index (χ3n) is 3.30. The van der Waals surface area contributed by atoms with Crippen LogP contribution in [0.1, 0.15) is 39.5 Å². The Kier molecular flexibility index (Phi) is 5.22. The fourth-order valence-electron chi connectivity index (χ4n) is 2.15. The molecule has 0 saturated carbocycles. The van der Waals surface area contributed by atoms with Crippen LogP contribution in [0.5, 0.6) is 0 Å². The quantitative estimate of drug-likeness (QED) is 0.727. The molecule has 1 aliphatic rings. The summed E-state index contributed by atoms with van der Waals surface area (Å²) in [5, 5.41) is 2.96. The average Bonchev–Trinajstić information content (AvgIpc) is 2.28. The van der Waals surface area contributed by atoms with E-state index in [2.05, 4.69) is 24.1 Å².